The van der Waals surface area contributed by atoms with Gasteiger partial charge in [-0.1, -0.05) is 12.1 Å². The third-order valence-electron chi connectivity index (χ3n) is 5.23. The molecule has 0 spiro atoms. The number of ether oxygens (including phenoxy) is 3. The Kier molecular flexibility index (Phi) is 6.68. The molecule has 0 bridgehead atoms. The molecule has 2 aromatic rings. The standard InChI is InChI=1S/C23H16F8O3/c24-15-6-11(22-32-4-1-5-33-22)2-3-14(15)12-7-16(25)20(17(26)8-12)23(30,31)34-13-9-18(27)21(29)19(28)10-13/h2-3,6-7,9-10,17,22H,1,4-5,8H2. The zero-order chi connectivity index (χ0) is 24.6. The van der Waals surface area contributed by atoms with Crippen LogP contribution in [0.3, 0.4) is 0 Å². The predicted molar refractivity (Wildman–Crippen MR) is 103 cm³/mol. The summed E-state index contributed by atoms with van der Waals surface area (Å²) in [7, 11) is 0. The average Bonchev–Trinajstić information content (AvgIpc) is 2.77. The first kappa shape index (κ1) is 24.2. The van der Waals surface area contributed by atoms with Gasteiger partial charge in [-0.25, -0.2) is 26.3 Å². The normalized spacial score (nSPS) is 19.9. The molecule has 2 aromatic carbocycles. The number of halogens is 8. The fourth-order valence-electron chi connectivity index (χ4n) is 3.66. The van der Waals surface area contributed by atoms with E-state index in [1.165, 1.54) is 12.1 Å². The van der Waals surface area contributed by atoms with Crippen LogP contribution in [0.2, 0.25) is 0 Å². The Bertz CT molecular complexity index is 1130. The predicted octanol–water partition coefficient (Wildman–Crippen LogP) is 6.70. The van der Waals surface area contributed by atoms with Gasteiger partial charge in [0.1, 0.15) is 29.1 Å². The van der Waals surface area contributed by atoms with Crippen LogP contribution < -0.4 is 4.74 Å². The Morgan fingerprint density at radius 1 is 0.882 bits per heavy atom. The highest BCUT2D eigenvalue weighted by atomic mass is 19.3. The Morgan fingerprint density at radius 2 is 1.53 bits per heavy atom. The monoisotopic (exact) mass is 492 g/mol. The van der Waals surface area contributed by atoms with Crippen molar-refractivity contribution >= 4 is 5.57 Å². The van der Waals surface area contributed by atoms with Crippen molar-refractivity contribution in [3.8, 4) is 5.75 Å². The van der Waals surface area contributed by atoms with Gasteiger partial charge in [0, 0.05) is 29.7 Å². The fourth-order valence-corrected chi connectivity index (χ4v) is 3.66. The first-order chi connectivity index (χ1) is 16.1. The summed E-state index contributed by atoms with van der Waals surface area (Å²) in [4.78, 5) is 0. The molecule has 0 radical (unpaired) electrons. The molecule has 11 heteroatoms. The maximum atomic E-state index is 14.7. The second kappa shape index (κ2) is 9.38. The van der Waals surface area contributed by atoms with Crippen molar-refractivity contribution in [3.05, 3.63) is 82.2 Å². The summed E-state index contributed by atoms with van der Waals surface area (Å²) in [6.45, 7) is 0.823. The van der Waals surface area contributed by atoms with Crippen molar-refractivity contribution in [2.45, 2.75) is 31.4 Å². The van der Waals surface area contributed by atoms with Gasteiger partial charge < -0.3 is 14.2 Å². The van der Waals surface area contributed by atoms with Gasteiger partial charge in [0.2, 0.25) is 0 Å². The molecule has 1 atom stereocenters. The molecule has 4 rings (SSSR count). The molecule has 0 N–H and O–H groups in total. The average molecular weight is 492 g/mol. The summed E-state index contributed by atoms with van der Waals surface area (Å²) in [6.07, 6.45) is -7.77. The van der Waals surface area contributed by atoms with E-state index in [0.717, 1.165) is 6.07 Å². The van der Waals surface area contributed by atoms with E-state index < -0.39 is 65.4 Å². The molecule has 1 heterocycles. The minimum Gasteiger partial charge on any atom is -0.429 e. The molecule has 1 saturated heterocycles. The van der Waals surface area contributed by atoms with Crippen LogP contribution in [-0.4, -0.2) is 25.5 Å². The van der Waals surface area contributed by atoms with E-state index in [-0.39, 0.29) is 23.3 Å². The van der Waals surface area contributed by atoms with Crippen molar-refractivity contribution in [1.29, 1.82) is 0 Å². The van der Waals surface area contributed by atoms with Crippen molar-refractivity contribution in [2.75, 3.05) is 13.2 Å². The van der Waals surface area contributed by atoms with E-state index in [9.17, 15) is 35.1 Å². The molecule has 1 unspecified atom stereocenters. The zero-order valence-electron chi connectivity index (χ0n) is 17.2. The lowest BCUT2D eigenvalue weighted by atomic mass is 9.90. The second-order valence-corrected chi connectivity index (χ2v) is 7.59. The maximum absolute atomic E-state index is 14.7. The maximum Gasteiger partial charge on any atom is 0.428 e. The van der Waals surface area contributed by atoms with Crippen LogP contribution in [0, 0.1) is 23.3 Å². The SMILES string of the molecule is FC1=C(C(F)(F)Oc2cc(F)c(F)c(F)c2)C(F)CC(c2ccc(C3OCCCO3)cc2F)=C1. The summed E-state index contributed by atoms with van der Waals surface area (Å²) >= 11 is 0. The first-order valence-corrected chi connectivity index (χ1v) is 10.1. The molecule has 1 fully saturated rings. The Morgan fingerprint density at radius 3 is 2.12 bits per heavy atom. The molecule has 1 aliphatic carbocycles. The lowest BCUT2D eigenvalue weighted by Crippen LogP contribution is -2.34. The van der Waals surface area contributed by atoms with Gasteiger partial charge in [-0.15, -0.1) is 0 Å². The smallest absolute Gasteiger partial charge is 0.428 e. The van der Waals surface area contributed by atoms with Crippen molar-refractivity contribution < 1.29 is 49.3 Å². The van der Waals surface area contributed by atoms with Crippen LogP contribution in [0.25, 0.3) is 5.57 Å². The van der Waals surface area contributed by atoms with Crippen LogP contribution >= 0.6 is 0 Å². The molecular weight excluding hydrogens is 476 g/mol. The summed E-state index contributed by atoms with van der Waals surface area (Å²) in [5.74, 6) is -9.38. The second-order valence-electron chi connectivity index (χ2n) is 7.59. The number of rotatable bonds is 5. The van der Waals surface area contributed by atoms with Gasteiger partial charge in [-0.2, -0.15) is 8.78 Å². The van der Waals surface area contributed by atoms with Crippen molar-refractivity contribution in [2.24, 2.45) is 0 Å². The molecule has 3 nitrogen and oxygen atoms in total. The Balaban J connectivity index is 1.61. The van der Waals surface area contributed by atoms with E-state index in [4.69, 9.17) is 9.47 Å². The number of benzene rings is 2. The molecule has 0 aromatic heterocycles. The molecule has 0 amide bonds. The van der Waals surface area contributed by atoms with Crippen LogP contribution in [0.15, 0.2) is 47.8 Å². The zero-order valence-corrected chi connectivity index (χ0v) is 17.2. The van der Waals surface area contributed by atoms with Crippen LogP contribution in [0.4, 0.5) is 35.1 Å². The molecule has 34 heavy (non-hydrogen) atoms. The highest BCUT2D eigenvalue weighted by molar-refractivity contribution is 5.71. The summed E-state index contributed by atoms with van der Waals surface area (Å²) in [5, 5.41) is 0. The minimum absolute atomic E-state index is 0.110. The first-order valence-electron chi connectivity index (χ1n) is 10.1. The Labute approximate surface area is 188 Å². The van der Waals surface area contributed by atoms with E-state index in [1.54, 1.807) is 0 Å². The van der Waals surface area contributed by atoms with E-state index in [1.807, 2.05) is 0 Å². The molecule has 1 aliphatic heterocycles. The van der Waals surface area contributed by atoms with Crippen LogP contribution in [0.5, 0.6) is 5.75 Å². The van der Waals surface area contributed by atoms with Crippen molar-refractivity contribution in [3.63, 3.8) is 0 Å². The van der Waals surface area contributed by atoms with Crippen LogP contribution in [0.1, 0.15) is 30.3 Å². The van der Waals surface area contributed by atoms with Gasteiger partial charge in [-0.05, 0) is 24.1 Å². The van der Waals surface area contributed by atoms with Gasteiger partial charge in [-0.3, -0.25) is 0 Å². The summed E-state index contributed by atoms with van der Waals surface area (Å²) < 4.78 is 127. The molecule has 182 valence electrons. The number of alkyl halides is 3. The lowest BCUT2D eigenvalue weighted by Gasteiger charge is -2.27. The number of allylic oxidation sites excluding steroid dienone is 3. The topological polar surface area (TPSA) is 27.7 Å². The van der Waals surface area contributed by atoms with Gasteiger partial charge in [0.25, 0.3) is 0 Å². The minimum atomic E-state index is -4.68. The molecular formula is C23H16F8O3. The number of hydrogen-bond acceptors (Lipinski definition) is 3. The highest BCUT2D eigenvalue weighted by Gasteiger charge is 2.46. The number of hydrogen-bond donors (Lipinski definition) is 0. The van der Waals surface area contributed by atoms with Gasteiger partial charge in [0.15, 0.2) is 23.7 Å². The third-order valence-corrected chi connectivity index (χ3v) is 5.23. The van der Waals surface area contributed by atoms with Gasteiger partial charge >= 0.3 is 6.11 Å². The van der Waals surface area contributed by atoms with Crippen molar-refractivity contribution in [1.82, 2.24) is 0 Å². The third kappa shape index (κ3) is 4.80. The van der Waals surface area contributed by atoms with E-state index in [2.05, 4.69) is 4.74 Å². The van der Waals surface area contributed by atoms with E-state index >= 15 is 0 Å². The molecule has 2 aliphatic rings. The molecule has 0 saturated carbocycles. The Hall–Kier alpha value is -2.92. The van der Waals surface area contributed by atoms with Gasteiger partial charge in [0.05, 0.1) is 13.2 Å². The van der Waals surface area contributed by atoms with E-state index in [0.29, 0.717) is 31.3 Å². The summed E-state index contributed by atoms with van der Waals surface area (Å²) in [6, 6.07) is 3.93. The van der Waals surface area contributed by atoms with Crippen LogP contribution in [-0.2, 0) is 9.47 Å². The quantitative estimate of drug-likeness (QED) is 0.344. The summed E-state index contributed by atoms with van der Waals surface area (Å²) in [5.41, 5.74) is -1.87. The largest absolute Gasteiger partial charge is 0.429 e. The fraction of sp³-hybridized carbons (Fsp3) is 0.304. The lowest BCUT2D eigenvalue weighted by molar-refractivity contribution is -0.183. The highest BCUT2D eigenvalue weighted by Crippen LogP contribution is 2.42.